The number of carbonyl (C=O) groups excluding carboxylic acids is 3. The van der Waals surface area contributed by atoms with Crippen LogP contribution in [0, 0.1) is 6.92 Å². The molecule has 0 unspecified atom stereocenters. The highest BCUT2D eigenvalue weighted by Gasteiger charge is 2.52. The molecule has 2 aliphatic rings. The summed E-state index contributed by atoms with van der Waals surface area (Å²) in [5, 5.41) is 6.31. The monoisotopic (exact) mass is 537 g/mol. The normalized spacial score (nSPS) is 18.9. The lowest BCUT2D eigenvalue weighted by atomic mass is 10.00. The molecule has 5 rings (SSSR count). The van der Waals surface area contributed by atoms with Gasteiger partial charge in [0.2, 0.25) is 11.8 Å². The van der Waals surface area contributed by atoms with Gasteiger partial charge in [-0.25, -0.2) is 4.79 Å². The second-order valence-electron chi connectivity index (χ2n) is 10.3. The second kappa shape index (κ2) is 12.2. The van der Waals surface area contributed by atoms with Crippen LogP contribution in [0.25, 0.3) is 0 Å². The highest BCUT2D eigenvalue weighted by Crippen LogP contribution is 2.30. The number of hydrazine groups is 1. The van der Waals surface area contributed by atoms with E-state index in [1.165, 1.54) is 0 Å². The number of nitrogens with zero attached hydrogens (tertiary/aromatic N) is 4. The Morgan fingerprint density at radius 1 is 0.975 bits per heavy atom. The number of piperazine rings is 1. The van der Waals surface area contributed by atoms with Crippen molar-refractivity contribution in [2.45, 2.75) is 38.6 Å². The van der Waals surface area contributed by atoms with Gasteiger partial charge in [-0.15, -0.1) is 6.58 Å². The Kier molecular flexibility index (Phi) is 8.26. The minimum absolute atomic E-state index is 0.00805. The van der Waals surface area contributed by atoms with E-state index in [0.29, 0.717) is 26.1 Å². The third kappa shape index (κ3) is 5.92. The van der Waals surface area contributed by atoms with Crippen LogP contribution in [-0.2, 0) is 29.1 Å². The summed E-state index contributed by atoms with van der Waals surface area (Å²) < 4.78 is 0. The van der Waals surface area contributed by atoms with Gasteiger partial charge in [0.25, 0.3) is 0 Å². The molecule has 2 heterocycles. The van der Waals surface area contributed by atoms with E-state index in [2.05, 4.69) is 18.0 Å². The number of hydrogen-bond donors (Lipinski definition) is 1. The molecule has 206 valence electrons. The van der Waals surface area contributed by atoms with Crippen molar-refractivity contribution in [1.29, 1.82) is 0 Å². The van der Waals surface area contributed by atoms with Gasteiger partial charge in [-0.1, -0.05) is 96.6 Å². The number of rotatable bonds is 9. The molecule has 2 aliphatic heterocycles. The van der Waals surface area contributed by atoms with Crippen molar-refractivity contribution >= 4 is 17.8 Å². The van der Waals surface area contributed by atoms with Crippen LogP contribution >= 0.6 is 0 Å². The molecule has 0 aliphatic carbocycles. The second-order valence-corrected chi connectivity index (χ2v) is 10.3. The smallest absolute Gasteiger partial charge is 0.332 e. The van der Waals surface area contributed by atoms with Crippen LogP contribution in [0.2, 0.25) is 0 Å². The van der Waals surface area contributed by atoms with Gasteiger partial charge < -0.3 is 15.1 Å². The van der Waals surface area contributed by atoms with E-state index in [0.717, 1.165) is 22.3 Å². The van der Waals surface area contributed by atoms with E-state index >= 15 is 0 Å². The van der Waals surface area contributed by atoms with Crippen LogP contribution in [0.1, 0.15) is 22.3 Å². The molecule has 2 saturated heterocycles. The van der Waals surface area contributed by atoms with Gasteiger partial charge in [-0.05, 0) is 23.6 Å². The molecule has 3 aromatic rings. The molecule has 0 aromatic heterocycles. The zero-order chi connectivity index (χ0) is 28.1. The first-order valence-electron chi connectivity index (χ1n) is 13.6. The fourth-order valence-corrected chi connectivity index (χ4v) is 5.55. The fourth-order valence-electron chi connectivity index (χ4n) is 5.55. The summed E-state index contributed by atoms with van der Waals surface area (Å²) in [6.45, 7) is 7.20. The fraction of sp³-hybridized carbons (Fsp3) is 0.281. The van der Waals surface area contributed by atoms with Crippen LogP contribution in [0.5, 0.6) is 0 Å². The lowest BCUT2D eigenvalue weighted by Crippen LogP contribution is -2.66. The quantitative estimate of drug-likeness (QED) is 0.422. The molecule has 0 radical (unpaired) electrons. The number of fused-ring (bicyclic) bond motifs is 1. The number of hydrogen-bond acceptors (Lipinski definition) is 4. The Bertz CT molecular complexity index is 1360. The van der Waals surface area contributed by atoms with E-state index in [1.807, 2.05) is 90.7 Å². The van der Waals surface area contributed by atoms with Gasteiger partial charge in [-0.2, -0.15) is 5.01 Å². The average molecular weight is 538 g/mol. The van der Waals surface area contributed by atoms with Crippen molar-refractivity contribution in [2.24, 2.45) is 0 Å². The molecule has 0 spiro atoms. The van der Waals surface area contributed by atoms with Gasteiger partial charge >= 0.3 is 6.03 Å². The topological polar surface area (TPSA) is 76.2 Å². The van der Waals surface area contributed by atoms with Crippen molar-refractivity contribution < 1.29 is 14.4 Å². The largest absolute Gasteiger partial charge is 0.333 e. The van der Waals surface area contributed by atoms with Crippen molar-refractivity contribution in [3.05, 3.63) is 120 Å². The maximum absolute atomic E-state index is 13.9. The van der Waals surface area contributed by atoms with E-state index in [-0.39, 0.29) is 30.9 Å². The number of carbonyl (C=O) groups is 3. The first-order chi connectivity index (χ1) is 19.4. The van der Waals surface area contributed by atoms with Gasteiger partial charge in [-0.3, -0.25) is 14.6 Å². The van der Waals surface area contributed by atoms with E-state index < -0.39 is 12.2 Å². The average Bonchev–Trinajstić information content (AvgIpc) is 3.29. The molecule has 40 heavy (non-hydrogen) atoms. The summed E-state index contributed by atoms with van der Waals surface area (Å²) in [6.07, 6.45) is 1.57. The standard InChI is InChI=1S/C32H35N5O3/c1-3-17-35(32(40)33-20-26-14-8-5-9-15-26)36-23-30(38)37-28(19-25-12-6-4-7-13-25)31(39)34(22-29(36)37)21-27-16-10-11-24(2)18-27/h3-16,18,28-29H,1,17,19-23H2,2H3,(H,33,40)/t28-,29+/m0/s1. The molecular formula is C32H35N5O3. The summed E-state index contributed by atoms with van der Waals surface area (Å²) in [5.41, 5.74) is 4.10. The molecule has 2 fully saturated rings. The Labute approximate surface area is 235 Å². The SMILES string of the molecule is C=CCN(C(=O)NCc1ccccc1)N1CC(=O)N2[C@@H](Cc3ccccc3)C(=O)N(Cc3cccc(C)c3)C[C@@H]21. The van der Waals surface area contributed by atoms with Crippen LogP contribution in [0.3, 0.4) is 0 Å². The maximum atomic E-state index is 13.9. The predicted octanol–water partition coefficient (Wildman–Crippen LogP) is 3.73. The third-order valence-electron chi connectivity index (χ3n) is 7.43. The van der Waals surface area contributed by atoms with Crippen LogP contribution < -0.4 is 5.32 Å². The van der Waals surface area contributed by atoms with Crippen LogP contribution in [0.15, 0.2) is 97.6 Å². The zero-order valence-corrected chi connectivity index (χ0v) is 22.8. The predicted molar refractivity (Wildman–Crippen MR) is 153 cm³/mol. The summed E-state index contributed by atoms with van der Waals surface area (Å²) >= 11 is 0. The summed E-state index contributed by atoms with van der Waals surface area (Å²) in [5.74, 6) is -0.250. The van der Waals surface area contributed by atoms with E-state index in [1.54, 1.807) is 21.0 Å². The number of amides is 4. The van der Waals surface area contributed by atoms with Crippen molar-refractivity contribution in [2.75, 3.05) is 19.6 Å². The lowest BCUT2D eigenvalue weighted by Gasteiger charge is -2.46. The number of urea groups is 1. The zero-order valence-electron chi connectivity index (χ0n) is 22.8. The molecule has 8 heteroatoms. The molecule has 8 nitrogen and oxygen atoms in total. The summed E-state index contributed by atoms with van der Waals surface area (Å²) in [6, 6.07) is 26.5. The van der Waals surface area contributed by atoms with Crippen molar-refractivity contribution in [3.8, 4) is 0 Å². The number of aryl methyl sites for hydroxylation is 1. The maximum Gasteiger partial charge on any atom is 0.332 e. The van der Waals surface area contributed by atoms with Crippen molar-refractivity contribution in [3.63, 3.8) is 0 Å². The number of benzene rings is 3. The van der Waals surface area contributed by atoms with E-state index in [9.17, 15) is 14.4 Å². The van der Waals surface area contributed by atoms with Crippen LogP contribution in [-0.4, -0.2) is 69.5 Å². The Morgan fingerprint density at radius 3 is 2.33 bits per heavy atom. The molecular weight excluding hydrogens is 502 g/mol. The molecule has 0 bridgehead atoms. The Hall–Kier alpha value is -4.43. The Balaban J connectivity index is 1.43. The van der Waals surface area contributed by atoms with Crippen LogP contribution in [0.4, 0.5) is 4.79 Å². The molecule has 1 N–H and O–H groups in total. The Morgan fingerprint density at radius 2 is 1.65 bits per heavy atom. The minimum Gasteiger partial charge on any atom is -0.333 e. The summed E-state index contributed by atoms with van der Waals surface area (Å²) in [7, 11) is 0. The highest BCUT2D eigenvalue weighted by molar-refractivity contribution is 5.91. The highest BCUT2D eigenvalue weighted by atomic mass is 16.2. The first kappa shape index (κ1) is 27.1. The molecule has 4 amide bonds. The molecule has 0 saturated carbocycles. The van der Waals surface area contributed by atoms with Crippen molar-refractivity contribution in [1.82, 2.24) is 25.1 Å². The summed E-state index contributed by atoms with van der Waals surface area (Å²) in [4.78, 5) is 44.4. The molecule has 2 atom stereocenters. The van der Waals surface area contributed by atoms with Gasteiger partial charge in [0.1, 0.15) is 12.2 Å². The van der Waals surface area contributed by atoms with Gasteiger partial charge in [0, 0.05) is 19.5 Å². The third-order valence-corrected chi connectivity index (χ3v) is 7.43. The lowest BCUT2D eigenvalue weighted by molar-refractivity contribution is -0.157. The first-order valence-corrected chi connectivity index (χ1v) is 13.6. The van der Waals surface area contributed by atoms with Gasteiger partial charge in [0.15, 0.2) is 0 Å². The van der Waals surface area contributed by atoms with E-state index in [4.69, 9.17) is 0 Å². The van der Waals surface area contributed by atoms with Gasteiger partial charge in [0.05, 0.1) is 19.6 Å². The molecule has 3 aromatic carbocycles. The number of nitrogens with one attached hydrogen (secondary N) is 1. The minimum atomic E-state index is -0.665.